The highest BCUT2D eigenvalue weighted by molar-refractivity contribution is 5.75. The Morgan fingerprint density at radius 3 is 2.28 bits per heavy atom. The van der Waals surface area contributed by atoms with Gasteiger partial charge in [0.1, 0.15) is 0 Å². The SMILES string of the molecule is CC1CN(CC2(C(=O)O)CCCCC2)CC(C)O1. The van der Waals surface area contributed by atoms with Crippen molar-refractivity contribution in [2.45, 2.75) is 58.2 Å². The van der Waals surface area contributed by atoms with E-state index in [2.05, 4.69) is 18.7 Å². The van der Waals surface area contributed by atoms with Gasteiger partial charge in [0.05, 0.1) is 17.6 Å². The lowest BCUT2D eigenvalue weighted by Crippen LogP contribution is -2.52. The number of morpholine rings is 1. The van der Waals surface area contributed by atoms with Crippen molar-refractivity contribution in [3.63, 3.8) is 0 Å². The molecular formula is C14H25NO3. The van der Waals surface area contributed by atoms with Crippen molar-refractivity contribution >= 4 is 5.97 Å². The van der Waals surface area contributed by atoms with E-state index in [4.69, 9.17) is 4.74 Å². The second-order valence-corrected chi connectivity index (χ2v) is 6.10. The molecule has 0 aromatic heterocycles. The molecule has 1 aliphatic carbocycles. The minimum Gasteiger partial charge on any atom is -0.481 e. The van der Waals surface area contributed by atoms with Crippen LogP contribution in [0.25, 0.3) is 0 Å². The van der Waals surface area contributed by atoms with E-state index in [1.165, 1.54) is 6.42 Å². The van der Waals surface area contributed by atoms with Crippen LogP contribution < -0.4 is 0 Å². The van der Waals surface area contributed by atoms with E-state index in [0.717, 1.165) is 38.8 Å². The van der Waals surface area contributed by atoms with E-state index in [0.29, 0.717) is 6.54 Å². The Morgan fingerprint density at radius 1 is 1.22 bits per heavy atom. The molecule has 2 atom stereocenters. The van der Waals surface area contributed by atoms with Gasteiger partial charge in [-0.05, 0) is 26.7 Å². The number of rotatable bonds is 3. The molecule has 0 bridgehead atoms. The van der Waals surface area contributed by atoms with Gasteiger partial charge in [-0.3, -0.25) is 9.69 Å². The Kier molecular flexibility index (Phi) is 4.28. The number of hydrogen-bond acceptors (Lipinski definition) is 3. The van der Waals surface area contributed by atoms with Crippen LogP contribution >= 0.6 is 0 Å². The van der Waals surface area contributed by atoms with E-state index in [1.807, 2.05) is 0 Å². The van der Waals surface area contributed by atoms with Gasteiger partial charge in [0.15, 0.2) is 0 Å². The Labute approximate surface area is 109 Å². The zero-order valence-electron chi connectivity index (χ0n) is 11.5. The van der Waals surface area contributed by atoms with Gasteiger partial charge >= 0.3 is 5.97 Å². The lowest BCUT2D eigenvalue weighted by Gasteiger charge is -2.42. The predicted octanol–water partition coefficient (Wildman–Crippen LogP) is 2.13. The molecule has 1 saturated heterocycles. The highest BCUT2D eigenvalue weighted by atomic mass is 16.5. The first-order valence-electron chi connectivity index (χ1n) is 7.13. The summed E-state index contributed by atoms with van der Waals surface area (Å²) in [5.41, 5.74) is -0.505. The predicted molar refractivity (Wildman–Crippen MR) is 69.6 cm³/mol. The van der Waals surface area contributed by atoms with E-state index in [9.17, 15) is 9.90 Å². The van der Waals surface area contributed by atoms with E-state index < -0.39 is 11.4 Å². The molecule has 1 saturated carbocycles. The maximum absolute atomic E-state index is 11.7. The third-order valence-electron chi connectivity index (χ3n) is 4.29. The van der Waals surface area contributed by atoms with Gasteiger partial charge in [0.25, 0.3) is 0 Å². The van der Waals surface area contributed by atoms with Crippen molar-refractivity contribution in [1.82, 2.24) is 4.90 Å². The molecule has 0 aromatic carbocycles. The molecule has 0 aromatic rings. The zero-order valence-corrected chi connectivity index (χ0v) is 11.5. The Hall–Kier alpha value is -0.610. The van der Waals surface area contributed by atoms with Crippen LogP contribution in [0.4, 0.5) is 0 Å². The summed E-state index contributed by atoms with van der Waals surface area (Å²) >= 11 is 0. The van der Waals surface area contributed by atoms with Gasteiger partial charge in [-0.1, -0.05) is 19.3 Å². The van der Waals surface area contributed by atoms with Crippen LogP contribution in [-0.2, 0) is 9.53 Å². The largest absolute Gasteiger partial charge is 0.481 e. The van der Waals surface area contributed by atoms with Gasteiger partial charge in [-0.25, -0.2) is 0 Å². The van der Waals surface area contributed by atoms with Crippen LogP contribution in [0.5, 0.6) is 0 Å². The van der Waals surface area contributed by atoms with E-state index >= 15 is 0 Å². The summed E-state index contributed by atoms with van der Waals surface area (Å²) < 4.78 is 5.71. The lowest BCUT2D eigenvalue weighted by molar-refractivity contribution is -0.155. The Balaban J connectivity index is 2.02. The van der Waals surface area contributed by atoms with Crippen LogP contribution in [0.3, 0.4) is 0 Å². The molecule has 0 radical (unpaired) electrons. The molecular weight excluding hydrogens is 230 g/mol. The number of carbonyl (C=O) groups is 1. The fourth-order valence-corrected chi connectivity index (χ4v) is 3.51. The summed E-state index contributed by atoms with van der Waals surface area (Å²) in [7, 11) is 0. The highest BCUT2D eigenvalue weighted by Gasteiger charge is 2.42. The molecule has 1 aliphatic heterocycles. The number of nitrogens with zero attached hydrogens (tertiary/aromatic N) is 1. The molecule has 0 spiro atoms. The average Bonchev–Trinajstić information content (AvgIpc) is 2.28. The molecule has 4 nitrogen and oxygen atoms in total. The Morgan fingerprint density at radius 2 is 1.78 bits per heavy atom. The van der Waals surface area contributed by atoms with Gasteiger partial charge < -0.3 is 9.84 Å². The second-order valence-electron chi connectivity index (χ2n) is 6.10. The number of carboxylic acid groups (broad SMARTS) is 1. The standard InChI is InChI=1S/C14H25NO3/c1-11-8-15(9-12(2)18-11)10-14(13(16)17)6-4-3-5-7-14/h11-12H,3-10H2,1-2H3,(H,16,17). The molecule has 4 heteroatoms. The summed E-state index contributed by atoms with van der Waals surface area (Å²) in [6.07, 6.45) is 5.39. The second kappa shape index (κ2) is 5.57. The van der Waals surface area contributed by atoms with Crippen LogP contribution in [-0.4, -0.2) is 47.8 Å². The van der Waals surface area contributed by atoms with Crippen molar-refractivity contribution in [1.29, 1.82) is 0 Å². The first-order chi connectivity index (χ1) is 8.52. The maximum Gasteiger partial charge on any atom is 0.310 e. The molecule has 0 amide bonds. The van der Waals surface area contributed by atoms with E-state index in [1.54, 1.807) is 0 Å². The summed E-state index contributed by atoms with van der Waals surface area (Å²) in [5.74, 6) is -0.603. The average molecular weight is 255 g/mol. The van der Waals surface area contributed by atoms with Crippen molar-refractivity contribution in [2.75, 3.05) is 19.6 Å². The molecule has 2 aliphatic rings. The molecule has 104 valence electrons. The lowest BCUT2D eigenvalue weighted by atomic mass is 9.73. The van der Waals surface area contributed by atoms with Gasteiger partial charge in [0, 0.05) is 19.6 Å². The fraction of sp³-hybridized carbons (Fsp3) is 0.929. The topological polar surface area (TPSA) is 49.8 Å². The normalized spacial score (nSPS) is 33.2. The summed E-state index contributed by atoms with van der Waals surface area (Å²) in [5, 5.41) is 9.59. The highest BCUT2D eigenvalue weighted by Crippen LogP contribution is 2.37. The third kappa shape index (κ3) is 3.04. The van der Waals surface area contributed by atoms with Crippen LogP contribution in [0.15, 0.2) is 0 Å². The summed E-state index contributed by atoms with van der Waals surface area (Å²) in [4.78, 5) is 13.9. The molecule has 1 N–H and O–H groups in total. The van der Waals surface area contributed by atoms with Gasteiger partial charge in [-0.15, -0.1) is 0 Å². The number of aliphatic carboxylic acids is 1. The van der Waals surface area contributed by atoms with Crippen molar-refractivity contribution in [3.05, 3.63) is 0 Å². The number of hydrogen-bond donors (Lipinski definition) is 1. The minimum absolute atomic E-state index is 0.211. The summed E-state index contributed by atoms with van der Waals surface area (Å²) in [6, 6.07) is 0. The quantitative estimate of drug-likeness (QED) is 0.839. The molecule has 1 heterocycles. The minimum atomic E-state index is -0.603. The fourth-order valence-electron chi connectivity index (χ4n) is 3.51. The van der Waals surface area contributed by atoms with Crippen LogP contribution in [0, 0.1) is 5.41 Å². The van der Waals surface area contributed by atoms with Crippen molar-refractivity contribution in [3.8, 4) is 0 Å². The van der Waals surface area contributed by atoms with Crippen molar-refractivity contribution in [2.24, 2.45) is 5.41 Å². The summed E-state index contributed by atoms with van der Waals surface area (Å²) in [6.45, 7) is 6.55. The van der Waals surface area contributed by atoms with Gasteiger partial charge in [0.2, 0.25) is 0 Å². The smallest absolute Gasteiger partial charge is 0.310 e. The number of carboxylic acids is 1. The third-order valence-corrected chi connectivity index (χ3v) is 4.29. The molecule has 2 unspecified atom stereocenters. The first kappa shape index (κ1) is 13.8. The molecule has 18 heavy (non-hydrogen) atoms. The first-order valence-corrected chi connectivity index (χ1v) is 7.13. The maximum atomic E-state index is 11.7. The molecule has 2 rings (SSSR count). The molecule has 2 fully saturated rings. The monoisotopic (exact) mass is 255 g/mol. The zero-order chi connectivity index (χ0) is 13.2. The van der Waals surface area contributed by atoms with E-state index in [-0.39, 0.29) is 12.2 Å². The van der Waals surface area contributed by atoms with Gasteiger partial charge in [-0.2, -0.15) is 0 Å². The van der Waals surface area contributed by atoms with Crippen LogP contribution in [0.2, 0.25) is 0 Å². The van der Waals surface area contributed by atoms with Crippen LogP contribution in [0.1, 0.15) is 46.0 Å². The number of ether oxygens (including phenoxy) is 1. The van der Waals surface area contributed by atoms with Crippen molar-refractivity contribution < 1.29 is 14.6 Å². The Bertz CT molecular complexity index is 289.